The number of benzene rings is 13. The lowest BCUT2D eigenvalue weighted by Gasteiger charge is -2.08. The highest BCUT2D eigenvalue weighted by Gasteiger charge is 2.16. The minimum Gasteiger partial charge on any atom is -0.456 e. The average Bonchev–Trinajstić information content (AvgIpc) is 1.69. The molecule has 0 aliphatic heterocycles. The summed E-state index contributed by atoms with van der Waals surface area (Å²) in [7, 11) is 0. The van der Waals surface area contributed by atoms with Gasteiger partial charge in [-0.1, -0.05) is 297 Å². The van der Waals surface area contributed by atoms with Crippen molar-refractivity contribution in [2.24, 2.45) is 0 Å². The predicted molar refractivity (Wildman–Crippen MR) is 418 cm³/mol. The van der Waals surface area contributed by atoms with Crippen molar-refractivity contribution in [1.29, 1.82) is 0 Å². The van der Waals surface area contributed by atoms with E-state index in [-0.39, 0.29) is 0 Å². The Hall–Kier alpha value is -13.0. The Morgan fingerprint density at radius 1 is 0.208 bits per heavy atom. The number of thiophene rings is 1. The van der Waals surface area contributed by atoms with Crippen molar-refractivity contribution < 1.29 is 4.42 Å². The summed E-state index contributed by atoms with van der Waals surface area (Å²) in [5.41, 5.74) is 23.5. The molecule has 5 heterocycles. The Morgan fingerprint density at radius 3 is 0.921 bits per heavy atom. The van der Waals surface area contributed by atoms with Gasteiger partial charge in [0.1, 0.15) is 17.0 Å². The number of rotatable bonds is 11. The van der Waals surface area contributed by atoms with Crippen LogP contribution in [-0.2, 0) is 0 Å². The number of nitrogens with zero attached hydrogens (tertiary/aromatic N) is 7. The number of furan rings is 1. The third-order valence-corrected chi connectivity index (χ3v) is 19.2. The zero-order valence-electron chi connectivity index (χ0n) is 55.8. The van der Waals surface area contributed by atoms with Gasteiger partial charge in [-0.15, -0.1) is 11.3 Å². The second-order valence-corrected chi connectivity index (χ2v) is 26.0. The van der Waals surface area contributed by atoms with Gasteiger partial charge in [-0.05, 0) is 119 Å². The van der Waals surface area contributed by atoms with Crippen LogP contribution in [-0.4, -0.2) is 34.9 Å². The van der Waals surface area contributed by atoms with E-state index in [1.54, 1.807) is 0 Å². The van der Waals surface area contributed by atoms with E-state index in [0.717, 1.165) is 95.3 Å². The van der Waals surface area contributed by atoms with Crippen molar-refractivity contribution in [3.63, 3.8) is 0 Å². The molecule has 9 heteroatoms. The highest BCUT2D eigenvalue weighted by atomic mass is 32.1. The standard InChI is InChI=1S/C34H25N3.C29H20N2O.C29H20N2S/c1-24-35-33(31-20-16-28(17-21-31)26-10-6-3-7-11-26)37-34(36-24)32-22-18-30(19-23-32)29-14-12-27(13-15-29)25-8-4-2-5-9-25;2*1-19-17-26(23-15-16-25-24-9-5-6-10-27(24)32-28(25)18-23)31-29(30-19)22-13-11-21(12-14-22)20-7-3-2-4-8-20/h2-23H,1H3;2*2-18H,1H3. The molecule has 0 spiro atoms. The van der Waals surface area contributed by atoms with Gasteiger partial charge in [0.15, 0.2) is 23.3 Å². The summed E-state index contributed by atoms with van der Waals surface area (Å²) in [6.07, 6.45) is 0. The van der Waals surface area contributed by atoms with Crippen molar-refractivity contribution in [2.75, 3.05) is 0 Å². The fourth-order valence-corrected chi connectivity index (χ4v) is 14.0. The van der Waals surface area contributed by atoms with Crippen molar-refractivity contribution in [2.45, 2.75) is 20.8 Å². The Bertz CT molecular complexity index is 5690. The number of hydrogen-bond donors (Lipinski definition) is 0. The number of hydrogen-bond acceptors (Lipinski definition) is 9. The van der Waals surface area contributed by atoms with Gasteiger partial charge in [0.25, 0.3) is 0 Å². The number of aryl methyl sites for hydroxylation is 3. The SMILES string of the molecule is Cc1cc(-c2ccc3c(c2)oc2ccccc23)nc(-c2ccc(-c3ccccc3)cc2)n1.Cc1cc(-c2ccc3c(c2)sc2ccccc23)nc(-c2ccc(-c3ccccc3)cc2)n1.Cc1nc(-c2ccc(-c3ccccc3)cc2)nc(-c2ccc(-c3ccc(-c4ccccc4)cc3)cc2)n1. The van der Waals surface area contributed by atoms with Crippen LogP contribution in [0.3, 0.4) is 0 Å². The van der Waals surface area contributed by atoms with Crippen LogP contribution in [0, 0.1) is 20.8 Å². The van der Waals surface area contributed by atoms with E-state index < -0.39 is 0 Å². The van der Waals surface area contributed by atoms with Crippen LogP contribution in [0.2, 0.25) is 0 Å². The zero-order chi connectivity index (χ0) is 68.0. The quantitative estimate of drug-likeness (QED) is 0.126. The Kier molecular flexibility index (Phi) is 17.6. The maximum Gasteiger partial charge on any atom is 0.163 e. The number of aromatic nitrogens is 7. The molecule has 13 aromatic carbocycles. The van der Waals surface area contributed by atoms with Gasteiger partial charge in [-0.3, -0.25) is 0 Å². The summed E-state index contributed by atoms with van der Waals surface area (Å²) in [6.45, 7) is 5.95. The predicted octanol–water partition coefficient (Wildman–Crippen LogP) is 24.4. The summed E-state index contributed by atoms with van der Waals surface area (Å²) < 4.78 is 8.67. The maximum absolute atomic E-state index is 6.07. The van der Waals surface area contributed by atoms with E-state index in [1.165, 1.54) is 70.2 Å². The third kappa shape index (κ3) is 13.9. The molecule has 18 rings (SSSR count). The highest BCUT2D eigenvalue weighted by molar-refractivity contribution is 7.25. The van der Waals surface area contributed by atoms with Crippen molar-refractivity contribution in [3.05, 3.63) is 357 Å². The molecule has 0 atom stereocenters. The van der Waals surface area contributed by atoms with Crippen LogP contribution < -0.4 is 0 Å². The normalized spacial score (nSPS) is 11.1. The summed E-state index contributed by atoms with van der Waals surface area (Å²) in [5, 5.41) is 4.87. The van der Waals surface area contributed by atoms with E-state index in [0.29, 0.717) is 17.5 Å². The Morgan fingerprint density at radius 2 is 0.505 bits per heavy atom. The zero-order valence-corrected chi connectivity index (χ0v) is 56.6. The molecule has 0 radical (unpaired) electrons. The third-order valence-electron chi connectivity index (χ3n) is 18.0. The molecule has 0 saturated carbocycles. The van der Waals surface area contributed by atoms with E-state index in [2.05, 4.69) is 301 Å². The summed E-state index contributed by atoms with van der Waals surface area (Å²) in [5.74, 6) is 3.55. The van der Waals surface area contributed by atoms with Crippen LogP contribution in [0.1, 0.15) is 17.2 Å². The van der Waals surface area contributed by atoms with Gasteiger partial charge < -0.3 is 4.42 Å². The van der Waals surface area contributed by atoms with Gasteiger partial charge in [0.05, 0.1) is 11.4 Å². The maximum atomic E-state index is 6.07. The summed E-state index contributed by atoms with van der Waals surface area (Å²) in [4.78, 5) is 33.3. The fraction of sp³-hybridized carbons (Fsp3) is 0.0326. The van der Waals surface area contributed by atoms with E-state index in [9.17, 15) is 0 Å². The number of para-hydroxylation sites is 1. The first-order chi connectivity index (χ1) is 49.7. The minimum absolute atomic E-state index is 0.681. The van der Waals surface area contributed by atoms with Gasteiger partial charge >= 0.3 is 0 Å². The van der Waals surface area contributed by atoms with E-state index in [4.69, 9.17) is 29.3 Å². The molecule has 0 aliphatic carbocycles. The Labute approximate surface area is 590 Å². The van der Waals surface area contributed by atoms with E-state index >= 15 is 0 Å². The summed E-state index contributed by atoms with van der Waals surface area (Å²) in [6, 6.07) is 118. The molecule has 0 N–H and O–H groups in total. The molecule has 0 bridgehead atoms. The smallest absolute Gasteiger partial charge is 0.163 e. The lowest BCUT2D eigenvalue weighted by Crippen LogP contribution is -1.99. The first-order valence-corrected chi connectivity index (χ1v) is 34.5. The first kappa shape index (κ1) is 62.8. The number of fused-ring (bicyclic) bond motifs is 6. The fourth-order valence-electron chi connectivity index (χ4n) is 12.8. The second-order valence-electron chi connectivity index (χ2n) is 24.9. The van der Waals surface area contributed by atoms with Gasteiger partial charge in [-0.2, -0.15) is 0 Å². The molecular formula is C92H65N7OS. The largest absolute Gasteiger partial charge is 0.456 e. The van der Waals surface area contributed by atoms with Crippen LogP contribution >= 0.6 is 11.3 Å². The molecule has 0 unspecified atom stereocenters. The van der Waals surface area contributed by atoms with Crippen molar-refractivity contribution >= 4 is 53.4 Å². The molecule has 0 amide bonds. The molecule has 0 saturated heterocycles. The molecule has 0 fully saturated rings. The average molecular weight is 1320 g/mol. The lowest BCUT2D eigenvalue weighted by molar-refractivity contribution is 0.669. The first-order valence-electron chi connectivity index (χ1n) is 33.7. The van der Waals surface area contributed by atoms with Crippen molar-refractivity contribution in [3.8, 4) is 124 Å². The highest BCUT2D eigenvalue weighted by Crippen LogP contribution is 2.38. The monoisotopic (exact) mass is 1320 g/mol. The second kappa shape index (κ2) is 28.3. The molecular weight excluding hydrogens is 1250 g/mol. The molecule has 8 nitrogen and oxygen atoms in total. The lowest BCUT2D eigenvalue weighted by atomic mass is 9.99. The Balaban J connectivity index is 0.000000118. The molecule has 5 aromatic heterocycles. The van der Waals surface area contributed by atoms with Crippen LogP contribution in [0.5, 0.6) is 0 Å². The van der Waals surface area contributed by atoms with E-state index in [1.807, 2.05) is 80.6 Å². The molecule has 18 aromatic rings. The van der Waals surface area contributed by atoms with Crippen LogP contribution in [0.25, 0.3) is 166 Å². The van der Waals surface area contributed by atoms with Crippen LogP contribution in [0.15, 0.2) is 344 Å². The van der Waals surface area contributed by atoms with Gasteiger partial charge in [0.2, 0.25) is 0 Å². The van der Waals surface area contributed by atoms with Gasteiger partial charge in [0, 0.05) is 75.7 Å². The molecule has 480 valence electrons. The van der Waals surface area contributed by atoms with Gasteiger partial charge in [-0.25, -0.2) is 34.9 Å². The van der Waals surface area contributed by atoms with Crippen molar-refractivity contribution in [1.82, 2.24) is 34.9 Å². The van der Waals surface area contributed by atoms with Crippen LogP contribution in [0.4, 0.5) is 0 Å². The summed E-state index contributed by atoms with van der Waals surface area (Å²) >= 11 is 1.83. The minimum atomic E-state index is 0.681. The topological polar surface area (TPSA) is 103 Å². The molecule has 0 aliphatic rings. The molecule has 101 heavy (non-hydrogen) atoms.